The van der Waals surface area contributed by atoms with E-state index < -0.39 is 5.91 Å². The molecule has 0 saturated carbocycles. The van der Waals surface area contributed by atoms with E-state index in [4.69, 9.17) is 18.9 Å². The fraction of sp³-hybridized carbons (Fsp3) is 0.286. The van der Waals surface area contributed by atoms with Gasteiger partial charge in [0.05, 0.1) is 40.2 Å². The quantitative estimate of drug-likeness (QED) is 0.645. The van der Waals surface area contributed by atoms with Crippen molar-refractivity contribution < 1.29 is 28.1 Å². The summed E-state index contributed by atoms with van der Waals surface area (Å²) in [6.07, 6.45) is -0.305. The molecule has 0 aliphatic carbocycles. The number of benzene rings is 2. The zero-order valence-electron chi connectivity index (χ0n) is 17.2. The van der Waals surface area contributed by atoms with Crippen molar-refractivity contribution in [2.45, 2.75) is 19.3 Å². The maximum absolute atomic E-state index is 13.2. The van der Waals surface area contributed by atoms with E-state index in [1.807, 2.05) is 0 Å². The number of hydrogen-bond acceptors (Lipinski definition) is 7. The molecule has 1 aliphatic heterocycles. The lowest BCUT2D eigenvalue weighted by molar-refractivity contribution is -0.00174. The summed E-state index contributed by atoms with van der Waals surface area (Å²) in [7, 11) is 4.49. The molecule has 31 heavy (non-hydrogen) atoms. The highest BCUT2D eigenvalue weighted by Crippen LogP contribution is 2.40. The molecule has 0 radical (unpaired) electrons. The summed E-state index contributed by atoms with van der Waals surface area (Å²) in [5.74, 6) is 0.482. The van der Waals surface area contributed by atoms with E-state index in [0.717, 1.165) is 5.56 Å². The van der Waals surface area contributed by atoms with Gasteiger partial charge in [-0.25, -0.2) is 9.07 Å². The molecule has 1 amide bonds. The van der Waals surface area contributed by atoms with Gasteiger partial charge >= 0.3 is 0 Å². The summed E-state index contributed by atoms with van der Waals surface area (Å²) in [5, 5.41) is 10.9. The first-order chi connectivity index (χ1) is 15.0. The Hall–Kier alpha value is -3.66. The number of hydrogen-bond donors (Lipinski definition) is 1. The van der Waals surface area contributed by atoms with Gasteiger partial charge in [-0.2, -0.15) is 0 Å². The number of anilines is 1. The van der Waals surface area contributed by atoms with Gasteiger partial charge in [-0.3, -0.25) is 4.79 Å². The molecule has 0 bridgehead atoms. The summed E-state index contributed by atoms with van der Waals surface area (Å²) in [6, 6.07) is 9.34. The van der Waals surface area contributed by atoms with E-state index in [1.165, 1.54) is 33.5 Å². The molecule has 1 aliphatic rings. The Kier molecular flexibility index (Phi) is 5.72. The minimum absolute atomic E-state index is 0.146. The lowest BCUT2D eigenvalue weighted by Gasteiger charge is -2.24. The number of carbonyl (C=O) groups excluding carboxylic acids is 1. The number of fused-ring (bicyclic) bond motifs is 1. The Labute approximate surface area is 177 Å². The summed E-state index contributed by atoms with van der Waals surface area (Å²) in [5.41, 5.74) is 1.99. The maximum atomic E-state index is 13.2. The molecule has 10 heteroatoms. The van der Waals surface area contributed by atoms with Crippen molar-refractivity contribution in [1.82, 2.24) is 15.0 Å². The molecule has 2 heterocycles. The fourth-order valence-electron chi connectivity index (χ4n) is 3.41. The summed E-state index contributed by atoms with van der Waals surface area (Å²) >= 11 is 0. The van der Waals surface area contributed by atoms with E-state index >= 15 is 0 Å². The lowest BCUT2D eigenvalue weighted by atomic mass is 10.1. The SMILES string of the molecule is COc1cc(NC(=O)c2nnn3c2CO[C@@H](c2ccc(F)cc2)C3)cc(OC)c1OC. The van der Waals surface area contributed by atoms with Crippen LogP contribution in [0.5, 0.6) is 17.2 Å². The van der Waals surface area contributed by atoms with Crippen molar-refractivity contribution in [2.24, 2.45) is 0 Å². The van der Waals surface area contributed by atoms with Crippen molar-refractivity contribution in [1.29, 1.82) is 0 Å². The molecule has 1 atom stereocenters. The van der Waals surface area contributed by atoms with Crippen molar-refractivity contribution in [3.05, 3.63) is 59.2 Å². The van der Waals surface area contributed by atoms with Crippen LogP contribution in [0.4, 0.5) is 10.1 Å². The van der Waals surface area contributed by atoms with Crippen LogP contribution in [0.1, 0.15) is 27.8 Å². The molecule has 1 aromatic heterocycles. The Balaban J connectivity index is 1.53. The van der Waals surface area contributed by atoms with Gasteiger partial charge < -0.3 is 24.3 Å². The van der Waals surface area contributed by atoms with Gasteiger partial charge in [0.1, 0.15) is 11.9 Å². The fourth-order valence-corrected chi connectivity index (χ4v) is 3.41. The maximum Gasteiger partial charge on any atom is 0.278 e. The van der Waals surface area contributed by atoms with Crippen molar-refractivity contribution in [3.8, 4) is 17.2 Å². The first-order valence-electron chi connectivity index (χ1n) is 9.44. The number of nitrogens with zero attached hydrogens (tertiary/aromatic N) is 3. The first kappa shape index (κ1) is 20.6. The number of aromatic nitrogens is 3. The molecule has 9 nitrogen and oxygen atoms in total. The highest BCUT2D eigenvalue weighted by atomic mass is 19.1. The average Bonchev–Trinajstić information content (AvgIpc) is 3.22. The van der Waals surface area contributed by atoms with Crippen LogP contribution in [0.2, 0.25) is 0 Å². The molecule has 162 valence electrons. The van der Waals surface area contributed by atoms with E-state index in [2.05, 4.69) is 15.6 Å². The summed E-state index contributed by atoms with van der Waals surface area (Å²) in [4.78, 5) is 12.9. The number of nitrogens with one attached hydrogen (secondary N) is 1. The van der Waals surface area contributed by atoms with Crippen LogP contribution in [0, 0.1) is 5.82 Å². The average molecular weight is 428 g/mol. The second-order valence-electron chi connectivity index (χ2n) is 6.79. The van der Waals surface area contributed by atoms with Crippen LogP contribution in [0.25, 0.3) is 0 Å². The number of halogens is 1. The van der Waals surface area contributed by atoms with E-state index in [-0.39, 0.29) is 24.2 Å². The molecule has 3 aromatic rings. The van der Waals surface area contributed by atoms with Crippen molar-refractivity contribution in [2.75, 3.05) is 26.6 Å². The number of methoxy groups -OCH3 is 3. The molecule has 0 saturated heterocycles. The first-order valence-corrected chi connectivity index (χ1v) is 9.44. The van der Waals surface area contributed by atoms with Crippen molar-refractivity contribution >= 4 is 11.6 Å². The van der Waals surface area contributed by atoms with Crippen molar-refractivity contribution in [3.63, 3.8) is 0 Å². The van der Waals surface area contributed by atoms with Crippen LogP contribution < -0.4 is 19.5 Å². The monoisotopic (exact) mass is 428 g/mol. The summed E-state index contributed by atoms with van der Waals surface area (Å²) < 4.78 is 36.6. The predicted octanol–water partition coefficient (Wildman–Crippen LogP) is 2.97. The third-order valence-electron chi connectivity index (χ3n) is 4.98. The molecular formula is C21H21FN4O5. The third kappa shape index (κ3) is 4.02. The van der Waals surface area contributed by atoms with Crippen LogP contribution in [0.15, 0.2) is 36.4 Å². The zero-order chi connectivity index (χ0) is 22.0. The molecular weight excluding hydrogens is 407 g/mol. The standard InChI is InChI=1S/C21H21FN4O5/c1-28-16-8-14(9-17(29-2)20(16)30-3)23-21(27)19-15-11-31-18(10-26(15)25-24-19)12-4-6-13(22)7-5-12/h4-9,18H,10-11H2,1-3H3,(H,23,27)/t18-/m1/s1. The normalized spacial score (nSPS) is 15.2. The zero-order valence-corrected chi connectivity index (χ0v) is 17.2. The molecule has 2 aromatic carbocycles. The van der Waals surface area contributed by atoms with Gasteiger partial charge in [-0.15, -0.1) is 5.10 Å². The predicted molar refractivity (Wildman–Crippen MR) is 108 cm³/mol. The van der Waals surface area contributed by atoms with Gasteiger partial charge in [0.15, 0.2) is 17.2 Å². The number of carbonyl (C=O) groups is 1. The lowest BCUT2D eigenvalue weighted by Crippen LogP contribution is -2.24. The minimum atomic E-state index is -0.445. The highest BCUT2D eigenvalue weighted by Gasteiger charge is 2.28. The molecule has 0 spiro atoms. The Bertz CT molecular complexity index is 1070. The summed E-state index contributed by atoms with van der Waals surface area (Å²) in [6.45, 7) is 0.512. The van der Waals surface area contributed by atoms with Crippen LogP contribution in [0.3, 0.4) is 0 Å². The Morgan fingerprint density at radius 1 is 1.13 bits per heavy atom. The minimum Gasteiger partial charge on any atom is -0.493 e. The largest absolute Gasteiger partial charge is 0.493 e. The van der Waals surface area contributed by atoms with Gasteiger partial charge in [0.2, 0.25) is 5.75 Å². The molecule has 0 fully saturated rings. The van der Waals surface area contributed by atoms with Crippen LogP contribution in [-0.2, 0) is 17.9 Å². The highest BCUT2D eigenvalue weighted by molar-refractivity contribution is 6.03. The molecule has 4 rings (SSSR count). The molecule has 1 N–H and O–H groups in total. The smallest absolute Gasteiger partial charge is 0.278 e. The van der Waals surface area contributed by atoms with E-state index in [1.54, 1.807) is 28.9 Å². The topological polar surface area (TPSA) is 96.7 Å². The molecule has 0 unspecified atom stereocenters. The van der Waals surface area contributed by atoms with Gasteiger partial charge in [0.25, 0.3) is 5.91 Å². The second-order valence-corrected chi connectivity index (χ2v) is 6.79. The van der Waals surface area contributed by atoms with Gasteiger partial charge in [-0.05, 0) is 17.7 Å². The number of rotatable bonds is 6. The number of ether oxygens (including phenoxy) is 4. The van der Waals surface area contributed by atoms with Gasteiger partial charge in [-0.1, -0.05) is 17.3 Å². The second kappa shape index (κ2) is 8.60. The third-order valence-corrected chi connectivity index (χ3v) is 4.98. The Morgan fingerprint density at radius 2 is 1.81 bits per heavy atom. The van der Waals surface area contributed by atoms with Crippen LogP contribution >= 0.6 is 0 Å². The van der Waals surface area contributed by atoms with Crippen LogP contribution in [-0.4, -0.2) is 42.2 Å². The van der Waals surface area contributed by atoms with Gasteiger partial charge in [0, 0.05) is 17.8 Å². The van der Waals surface area contributed by atoms with E-state index in [9.17, 15) is 9.18 Å². The Morgan fingerprint density at radius 3 is 2.42 bits per heavy atom. The van der Waals surface area contributed by atoms with E-state index in [0.29, 0.717) is 35.2 Å². The number of amides is 1.